The first-order valence-corrected chi connectivity index (χ1v) is 6.07. The molecule has 3 nitrogen and oxygen atoms in total. The zero-order chi connectivity index (χ0) is 14.7. The van der Waals surface area contributed by atoms with Crippen molar-refractivity contribution in [2.75, 3.05) is 0 Å². The molecular formula is C15H9ClFNO2. The maximum absolute atomic E-state index is 13.4. The van der Waals surface area contributed by atoms with E-state index in [2.05, 4.69) is 0 Å². The summed E-state index contributed by atoms with van der Waals surface area (Å²) < 4.78 is 18.9. The van der Waals surface area contributed by atoms with Crippen molar-refractivity contribution >= 4 is 17.4 Å². The fourth-order valence-electron chi connectivity index (χ4n) is 1.62. The molecule has 0 aliphatic rings. The second-order valence-electron chi connectivity index (χ2n) is 4.03. The molecule has 0 atom stereocenters. The van der Waals surface area contributed by atoms with Gasteiger partial charge in [0, 0.05) is 5.56 Å². The van der Waals surface area contributed by atoms with Gasteiger partial charge in [-0.2, -0.15) is 5.26 Å². The van der Waals surface area contributed by atoms with E-state index in [-0.39, 0.29) is 27.9 Å². The highest BCUT2D eigenvalue weighted by molar-refractivity contribution is 6.32. The van der Waals surface area contributed by atoms with Crippen LogP contribution in [0.3, 0.4) is 0 Å². The molecule has 0 fully saturated rings. The molecule has 0 amide bonds. The molecule has 0 spiro atoms. The number of benzene rings is 2. The molecule has 0 saturated heterocycles. The van der Waals surface area contributed by atoms with Crippen LogP contribution >= 0.6 is 11.6 Å². The van der Waals surface area contributed by atoms with Gasteiger partial charge >= 0.3 is 0 Å². The second-order valence-corrected chi connectivity index (χ2v) is 4.44. The van der Waals surface area contributed by atoms with Gasteiger partial charge in [0.25, 0.3) is 0 Å². The first kappa shape index (κ1) is 14.0. The average Bonchev–Trinajstić information content (AvgIpc) is 2.41. The Morgan fingerprint density at radius 2 is 2.05 bits per heavy atom. The Morgan fingerprint density at radius 3 is 2.65 bits per heavy atom. The van der Waals surface area contributed by atoms with Crippen LogP contribution in [-0.2, 0) is 0 Å². The van der Waals surface area contributed by atoms with Crippen LogP contribution in [0.25, 0.3) is 0 Å². The fraction of sp³-hybridized carbons (Fsp3) is 0.0667. The van der Waals surface area contributed by atoms with E-state index in [1.807, 2.05) is 0 Å². The van der Waals surface area contributed by atoms with Gasteiger partial charge in [-0.25, -0.2) is 4.39 Å². The summed E-state index contributed by atoms with van der Waals surface area (Å²) in [5, 5.41) is 9.13. The van der Waals surface area contributed by atoms with Crippen molar-refractivity contribution in [2.24, 2.45) is 0 Å². The van der Waals surface area contributed by atoms with E-state index < -0.39 is 5.82 Å². The van der Waals surface area contributed by atoms with Gasteiger partial charge in [-0.1, -0.05) is 17.7 Å². The minimum absolute atomic E-state index is 0.0741. The van der Waals surface area contributed by atoms with E-state index >= 15 is 0 Å². The Morgan fingerprint density at radius 1 is 1.30 bits per heavy atom. The molecular weight excluding hydrogens is 281 g/mol. The number of nitrogens with zero attached hydrogens (tertiary/aromatic N) is 1. The van der Waals surface area contributed by atoms with Gasteiger partial charge in [0.05, 0.1) is 5.02 Å². The summed E-state index contributed by atoms with van der Waals surface area (Å²) in [5.74, 6) is -0.466. The second kappa shape index (κ2) is 5.72. The molecule has 0 unspecified atom stereocenters. The lowest BCUT2D eigenvalue weighted by molar-refractivity contribution is 0.101. The van der Waals surface area contributed by atoms with Crippen molar-refractivity contribution in [3.8, 4) is 17.6 Å². The lowest BCUT2D eigenvalue weighted by Crippen LogP contribution is -1.95. The molecule has 2 rings (SSSR count). The Kier molecular flexibility index (Phi) is 4.02. The topological polar surface area (TPSA) is 50.1 Å². The molecule has 0 saturated carbocycles. The largest absolute Gasteiger partial charge is 0.454 e. The molecule has 0 bridgehead atoms. The van der Waals surface area contributed by atoms with Crippen molar-refractivity contribution in [2.45, 2.75) is 6.92 Å². The number of carbonyl (C=O) groups is 1. The van der Waals surface area contributed by atoms with Crippen LogP contribution in [0.4, 0.5) is 4.39 Å². The molecule has 2 aromatic rings. The first-order valence-electron chi connectivity index (χ1n) is 5.70. The lowest BCUT2D eigenvalue weighted by Gasteiger charge is -2.10. The highest BCUT2D eigenvalue weighted by Gasteiger charge is 2.12. The minimum atomic E-state index is -0.665. The van der Waals surface area contributed by atoms with Gasteiger partial charge in [0.1, 0.15) is 28.9 Å². The van der Waals surface area contributed by atoms with Crippen molar-refractivity contribution in [3.63, 3.8) is 0 Å². The van der Waals surface area contributed by atoms with E-state index in [1.165, 1.54) is 37.3 Å². The summed E-state index contributed by atoms with van der Waals surface area (Å²) >= 11 is 6.00. The van der Waals surface area contributed by atoms with Crippen molar-refractivity contribution in [1.82, 2.24) is 0 Å². The quantitative estimate of drug-likeness (QED) is 0.790. The van der Waals surface area contributed by atoms with Crippen LogP contribution in [0.15, 0.2) is 36.4 Å². The predicted molar refractivity (Wildman–Crippen MR) is 72.6 cm³/mol. The van der Waals surface area contributed by atoms with Gasteiger partial charge in [-0.3, -0.25) is 4.79 Å². The SMILES string of the molecule is CC(=O)c1ccc(Oc2cccc(F)c2C#N)c(Cl)c1. The zero-order valence-electron chi connectivity index (χ0n) is 10.5. The summed E-state index contributed by atoms with van der Waals surface area (Å²) in [6, 6.07) is 10.3. The number of nitriles is 1. The average molecular weight is 290 g/mol. The molecule has 0 heterocycles. The maximum Gasteiger partial charge on any atom is 0.159 e. The molecule has 5 heteroatoms. The summed E-state index contributed by atoms with van der Waals surface area (Å²) in [7, 11) is 0. The van der Waals surface area contributed by atoms with E-state index in [1.54, 1.807) is 12.1 Å². The number of carbonyl (C=O) groups excluding carboxylic acids is 1. The summed E-state index contributed by atoms with van der Waals surface area (Å²) in [4.78, 5) is 11.2. The number of hydrogen-bond acceptors (Lipinski definition) is 3. The Hall–Kier alpha value is -2.38. The van der Waals surface area contributed by atoms with E-state index in [4.69, 9.17) is 21.6 Å². The predicted octanol–water partition coefficient (Wildman–Crippen LogP) is 4.35. The van der Waals surface area contributed by atoms with Gasteiger partial charge in [-0.05, 0) is 37.3 Å². The minimum Gasteiger partial charge on any atom is -0.454 e. The molecule has 0 aromatic heterocycles. The number of rotatable bonds is 3. The van der Waals surface area contributed by atoms with Gasteiger partial charge in [0.2, 0.25) is 0 Å². The van der Waals surface area contributed by atoms with Crippen LogP contribution < -0.4 is 4.74 Å². The van der Waals surface area contributed by atoms with Crippen LogP contribution in [-0.4, -0.2) is 5.78 Å². The molecule has 0 N–H and O–H groups in total. The normalized spacial score (nSPS) is 9.90. The highest BCUT2D eigenvalue weighted by Crippen LogP contribution is 2.32. The lowest BCUT2D eigenvalue weighted by atomic mass is 10.1. The number of ketones is 1. The molecule has 20 heavy (non-hydrogen) atoms. The van der Waals surface area contributed by atoms with Gasteiger partial charge in [-0.15, -0.1) is 0 Å². The third-order valence-electron chi connectivity index (χ3n) is 2.65. The summed E-state index contributed by atoms with van der Waals surface area (Å²) in [5.41, 5.74) is 0.251. The van der Waals surface area contributed by atoms with Crippen molar-refractivity contribution in [1.29, 1.82) is 5.26 Å². The molecule has 0 aliphatic heterocycles. The highest BCUT2D eigenvalue weighted by atomic mass is 35.5. The third kappa shape index (κ3) is 2.79. The number of halogens is 2. The van der Waals surface area contributed by atoms with Crippen LogP contribution in [0.2, 0.25) is 5.02 Å². The summed E-state index contributed by atoms with van der Waals surface area (Å²) in [6.45, 7) is 1.42. The fourth-order valence-corrected chi connectivity index (χ4v) is 1.84. The first-order chi connectivity index (χ1) is 9.52. The molecule has 100 valence electrons. The maximum atomic E-state index is 13.4. The van der Waals surface area contributed by atoms with Crippen molar-refractivity contribution in [3.05, 3.63) is 58.4 Å². The number of ether oxygens (including phenoxy) is 1. The van der Waals surface area contributed by atoms with Crippen LogP contribution in [0, 0.1) is 17.1 Å². The Labute approximate surface area is 120 Å². The zero-order valence-corrected chi connectivity index (χ0v) is 11.2. The van der Waals surface area contributed by atoms with Crippen molar-refractivity contribution < 1.29 is 13.9 Å². The van der Waals surface area contributed by atoms with Gasteiger partial charge < -0.3 is 4.74 Å². The van der Waals surface area contributed by atoms with E-state index in [0.29, 0.717) is 5.56 Å². The standard InChI is InChI=1S/C15H9ClFNO2/c1-9(19)10-5-6-15(12(16)7-10)20-14-4-2-3-13(17)11(14)8-18/h2-7H,1H3. The van der Waals surface area contributed by atoms with E-state index in [0.717, 1.165) is 0 Å². The van der Waals surface area contributed by atoms with Crippen LogP contribution in [0.5, 0.6) is 11.5 Å². The Balaban J connectivity index is 2.39. The third-order valence-corrected chi connectivity index (χ3v) is 2.94. The van der Waals surface area contributed by atoms with Gasteiger partial charge in [0.15, 0.2) is 5.78 Å². The molecule has 0 aliphatic carbocycles. The van der Waals surface area contributed by atoms with E-state index in [9.17, 15) is 9.18 Å². The molecule has 2 aromatic carbocycles. The number of hydrogen-bond donors (Lipinski definition) is 0. The summed E-state index contributed by atoms with van der Waals surface area (Å²) in [6.07, 6.45) is 0. The smallest absolute Gasteiger partial charge is 0.159 e. The monoisotopic (exact) mass is 289 g/mol. The molecule has 0 radical (unpaired) electrons. The van der Waals surface area contributed by atoms with Crippen LogP contribution in [0.1, 0.15) is 22.8 Å². The number of Topliss-reactive ketones (excluding diaryl/α,β-unsaturated/α-hetero) is 1. The Bertz CT molecular complexity index is 722.